The molecule has 0 aliphatic carbocycles. The first-order valence-corrected chi connectivity index (χ1v) is 7.50. The first kappa shape index (κ1) is 16.3. The molecule has 0 bridgehead atoms. The van der Waals surface area contributed by atoms with Gasteiger partial charge in [-0.25, -0.2) is 4.39 Å². The van der Waals surface area contributed by atoms with Crippen LogP contribution >= 0.6 is 23.2 Å². The van der Waals surface area contributed by atoms with Crippen LogP contribution in [0, 0.1) is 5.82 Å². The van der Waals surface area contributed by atoms with Crippen molar-refractivity contribution < 1.29 is 9.50 Å². The molecule has 1 N–H and O–H groups in total. The summed E-state index contributed by atoms with van der Waals surface area (Å²) < 4.78 is 15.5. The van der Waals surface area contributed by atoms with Crippen LogP contribution in [0.2, 0.25) is 10.0 Å². The van der Waals surface area contributed by atoms with Gasteiger partial charge in [-0.1, -0.05) is 42.3 Å². The van der Waals surface area contributed by atoms with Gasteiger partial charge in [-0.3, -0.25) is 4.68 Å². The summed E-state index contributed by atoms with van der Waals surface area (Å²) in [6, 6.07) is 4.77. The Morgan fingerprint density at radius 1 is 1.33 bits per heavy atom. The highest BCUT2D eigenvalue weighted by Gasteiger charge is 2.18. The van der Waals surface area contributed by atoms with E-state index < -0.39 is 11.9 Å². The summed E-state index contributed by atoms with van der Waals surface area (Å²) in [5, 5.41) is 15.1. The van der Waals surface area contributed by atoms with Gasteiger partial charge >= 0.3 is 0 Å². The minimum atomic E-state index is -0.754. The zero-order valence-electron chi connectivity index (χ0n) is 11.9. The molecule has 1 unspecified atom stereocenters. The van der Waals surface area contributed by atoms with Gasteiger partial charge in [0.2, 0.25) is 0 Å². The number of hydrogen-bond acceptors (Lipinski definition) is 2. The molecule has 0 aliphatic heterocycles. The maximum atomic E-state index is 13.8. The molecule has 3 nitrogen and oxygen atoms in total. The van der Waals surface area contributed by atoms with Crippen molar-refractivity contribution in [2.45, 2.75) is 32.3 Å². The largest absolute Gasteiger partial charge is 0.392 e. The highest BCUT2D eigenvalue weighted by molar-refractivity contribution is 6.32. The standard InChI is InChI=1S/C15H17Cl2FN2O/c1-3-12-14(17)13(20(2)19-12)8-10(21)7-9-5-4-6-11(16)15(9)18/h4-6,10,21H,3,7-8H2,1-2H3. The third kappa shape index (κ3) is 3.57. The molecule has 2 rings (SSSR count). The summed E-state index contributed by atoms with van der Waals surface area (Å²) in [6.07, 6.45) is 0.463. The van der Waals surface area contributed by atoms with E-state index in [1.807, 2.05) is 6.92 Å². The normalized spacial score (nSPS) is 12.7. The molecule has 0 radical (unpaired) electrons. The fraction of sp³-hybridized carbons (Fsp3) is 0.400. The Labute approximate surface area is 133 Å². The highest BCUT2D eigenvalue weighted by Crippen LogP contribution is 2.24. The number of hydrogen-bond donors (Lipinski definition) is 1. The zero-order valence-corrected chi connectivity index (χ0v) is 13.4. The van der Waals surface area contributed by atoms with Gasteiger partial charge in [-0.15, -0.1) is 0 Å². The van der Waals surface area contributed by atoms with E-state index in [0.717, 1.165) is 17.8 Å². The number of benzene rings is 1. The van der Waals surface area contributed by atoms with Crippen LogP contribution in [0.5, 0.6) is 0 Å². The molecular formula is C15H17Cl2FN2O. The number of rotatable bonds is 5. The quantitative estimate of drug-likeness (QED) is 0.909. The van der Waals surface area contributed by atoms with Crippen LogP contribution in [0.1, 0.15) is 23.9 Å². The molecule has 1 aromatic heterocycles. The lowest BCUT2D eigenvalue weighted by Gasteiger charge is -2.12. The average Bonchev–Trinajstić information content (AvgIpc) is 2.71. The van der Waals surface area contributed by atoms with Crippen molar-refractivity contribution in [3.63, 3.8) is 0 Å². The van der Waals surface area contributed by atoms with Crippen LogP contribution in [-0.2, 0) is 26.3 Å². The van der Waals surface area contributed by atoms with E-state index in [0.29, 0.717) is 17.0 Å². The van der Waals surface area contributed by atoms with Crippen molar-refractivity contribution in [1.82, 2.24) is 9.78 Å². The predicted molar refractivity (Wildman–Crippen MR) is 82.4 cm³/mol. The second-order valence-corrected chi connectivity index (χ2v) is 5.74. The summed E-state index contributed by atoms with van der Waals surface area (Å²) in [5.74, 6) is -0.483. The molecule has 0 spiro atoms. The monoisotopic (exact) mass is 330 g/mol. The Hall–Kier alpha value is -1.10. The number of nitrogens with zero attached hydrogens (tertiary/aromatic N) is 2. The lowest BCUT2D eigenvalue weighted by Crippen LogP contribution is -2.17. The Morgan fingerprint density at radius 2 is 2.05 bits per heavy atom. The third-order valence-electron chi connectivity index (χ3n) is 3.42. The molecule has 1 heterocycles. The van der Waals surface area contributed by atoms with E-state index in [4.69, 9.17) is 23.2 Å². The van der Waals surface area contributed by atoms with Crippen molar-refractivity contribution in [2.24, 2.45) is 7.05 Å². The Kier molecular flexibility index (Phi) is 5.25. The Morgan fingerprint density at radius 3 is 2.67 bits per heavy atom. The van der Waals surface area contributed by atoms with E-state index in [1.165, 1.54) is 6.07 Å². The number of aliphatic hydroxyl groups excluding tert-OH is 1. The highest BCUT2D eigenvalue weighted by atomic mass is 35.5. The molecule has 0 saturated carbocycles. The van der Waals surface area contributed by atoms with Crippen molar-refractivity contribution in [3.8, 4) is 0 Å². The molecule has 114 valence electrons. The van der Waals surface area contributed by atoms with E-state index in [2.05, 4.69) is 5.10 Å². The molecular weight excluding hydrogens is 314 g/mol. The predicted octanol–water partition coefficient (Wildman–Crippen LogP) is 3.57. The van der Waals surface area contributed by atoms with Gasteiger partial charge in [-0.05, 0) is 18.1 Å². The SMILES string of the molecule is CCc1nn(C)c(CC(O)Cc2cccc(Cl)c2F)c1Cl. The first-order chi connectivity index (χ1) is 9.93. The molecule has 2 aromatic rings. The zero-order chi connectivity index (χ0) is 15.6. The average molecular weight is 331 g/mol. The summed E-state index contributed by atoms with van der Waals surface area (Å²) in [4.78, 5) is 0. The third-order valence-corrected chi connectivity index (χ3v) is 4.15. The number of aromatic nitrogens is 2. The molecule has 1 atom stereocenters. The minimum absolute atomic E-state index is 0.0616. The Balaban J connectivity index is 2.14. The number of aliphatic hydroxyl groups is 1. The molecule has 0 saturated heterocycles. The summed E-state index contributed by atoms with van der Waals surface area (Å²) >= 11 is 12.0. The van der Waals surface area contributed by atoms with E-state index in [1.54, 1.807) is 23.9 Å². The van der Waals surface area contributed by atoms with Gasteiger partial charge in [-0.2, -0.15) is 5.10 Å². The maximum absolute atomic E-state index is 13.8. The van der Waals surface area contributed by atoms with Gasteiger partial charge in [0.05, 0.1) is 27.5 Å². The molecule has 0 fully saturated rings. The topological polar surface area (TPSA) is 38.0 Å². The number of halogens is 3. The van der Waals surface area contributed by atoms with Gasteiger partial charge in [0.1, 0.15) is 5.82 Å². The fourth-order valence-electron chi connectivity index (χ4n) is 2.30. The van der Waals surface area contributed by atoms with Crippen LogP contribution in [0.25, 0.3) is 0 Å². The lowest BCUT2D eigenvalue weighted by atomic mass is 10.0. The maximum Gasteiger partial charge on any atom is 0.145 e. The van der Waals surface area contributed by atoms with Crippen LogP contribution in [0.4, 0.5) is 4.39 Å². The van der Waals surface area contributed by atoms with Crippen molar-refractivity contribution >= 4 is 23.2 Å². The van der Waals surface area contributed by atoms with Gasteiger partial charge in [0, 0.05) is 19.9 Å². The van der Waals surface area contributed by atoms with Crippen molar-refractivity contribution in [2.75, 3.05) is 0 Å². The van der Waals surface area contributed by atoms with Gasteiger partial charge < -0.3 is 5.11 Å². The summed E-state index contributed by atoms with van der Waals surface area (Å²) in [7, 11) is 1.78. The van der Waals surface area contributed by atoms with E-state index in [9.17, 15) is 9.50 Å². The minimum Gasteiger partial charge on any atom is -0.392 e. The van der Waals surface area contributed by atoms with Gasteiger partial charge in [0.25, 0.3) is 0 Å². The van der Waals surface area contributed by atoms with E-state index >= 15 is 0 Å². The lowest BCUT2D eigenvalue weighted by molar-refractivity contribution is 0.171. The number of aryl methyl sites for hydroxylation is 2. The Bertz CT molecular complexity index is 643. The molecule has 21 heavy (non-hydrogen) atoms. The molecule has 1 aromatic carbocycles. The molecule has 0 aliphatic rings. The van der Waals surface area contributed by atoms with Crippen molar-refractivity contribution in [3.05, 3.63) is 51.0 Å². The first-order valence-electron chi connectivity index (χ1n) is 6.75. The smallest absolute Gasteiger partial charge is 0.145 e. The molecule has 0 amide bonds. The van der Waals surface area contributed by atoms with E-state index in [-0.39, 0.29) is 11.4 Å². The second kappa shape index (κ2) is 6.77. The van der Waals surface area contributed by atoms with Crippen LogP contribution in [0.15, 0.2) is 18.2 Å². The van der Waals surface area contributed by atoms with Gasteiger partial charge in [0.15, 0.2) is 0 Å². The summed E-state index contributed by atoms with van der Waals surface area (Å²) in [6.45, 7) is 1.97. The van der Waals surface area contributed by atoms with Crippen LogP contribution < -0.4 is 0 Å². The fourth-order valence-corrected chi connectivity index (χ4v) is 2.86. The summed E-state index contributed by atoms with van der Waals surface area (Å²) in [5.41, 5.74) is 1.95. The molecule has 6 heteroatoms. The second-order valence-electron chi connectivity index (χ2n) is 4.96. The van der Waals surface area contributed by atoms with Crippen LogP contribution in [0.3, 0.4) is 0 Å². The van der Waals surface area contributed by atoms with Crippen LogP contribution in [-0.4, -0.2) is 21.0 Å². The van der Waals surface area contributed by atoms with Crippen molar-refractivity contribution in [1.29, 1.82) is 0 Å².